The molecule has 0 unspecified atom stereocenters. The molecule has 3 aromatic rings. The molecule has 16 heavy (non-hydrogen) atoms. The van der Waals surface area contributed by atoms with Gasteiger partial charge in [0.05, 0.1) is 5.52 Å². The second kappa shape index (κ2) is 3.17. The fourth-order valence-electron chi connectivity index (χ4n) is 2.08. The van der Waals surface area contributed by atoms with E-state index >= 15 is 0 Å². The summed E-state index contributed by atoms with van der Waals surface area (Å²) in [6, 6.07) is 10.1. The summed E-state index contributed by atoms with van der Waals surface area (Å²) in [7, 11) is 0. The van der Waals surface area contributed by atoms with Crippen molar-refractivity contribution >= 4 is 22.8 Å². The van der Waals surface area contributed by atoms with Crippen LogP contribution in [0.25, 0.3) is 16.6 Å². The van der Waals surface area contributed by atoms with Crippen molar-refractivity contribution in [2.24, 2.45) is 0 Å². The minimum atomic E-state index is 0.468. The molecule has 0 radical (unpaired) electrons. The number of aryl methyl sites for hydroxylation is 1. The zero-order chi connectivity index (χ0) is 11.1. The molecule has 0 aliphatic rings. The van der Waals surface area contributed by atoms with Crippen molar-refractivity contribution < 1.29 is 4.79 Å². The second-order valence-electron chi connectivity index (χ2n) is 3.86. The van der Waals surface area contributed by atoms with E-state index in [1.165, 1.54) is 5.56 Å². The quantitative estimate of drug-likeness (QED) is 0.578. The summed E-state index contributed by atoms with van der Waals surface area (Å²) in [6.07, 6.45) is 2.55. The van der Waals surface area contributed by atoms with Gasteiger partial charge < -0.3 is 0 Å². The van der Waals surface area contributed by atoms with Crippen molar-refractivity contribution in [3.05, 3.63) is 47.8 Å². The number of nitrogens with zero attached hydrogens (tertiary/aromatic N) is 2. The van der Waals surface area contributed by atoms with Gasteiger partial charge in [0.2, 0.25) is 0 Å². The maximum Gasteiger partial charge on any atom is 0.170 e. The molecule has 0 fully saturated rings. The van der Waals surface area contributed by atoms with Gasteiger partial charge in [0.15, 0.2) is 6.29 Å². The smallest absolute Gasteiger partial charge is 0.170 e. The predicted molar refractivity (Wildman–Crippen MR) is 62.8 cm³/mol. The van der Waals surface area contributed by atoms with E-state index in [9.17, 15) is 4.79 Å². The lowest BCUT2D eigenvalue weighted by atomic mass is 10.1. The number of imidazole rings is 1. The number of pyridine rings is 1. The Morgan fingerprint density at radius 1 is 1.25 bits per heavy atom. The molecule has 1 aromatic carbocycles. The van der Waals surface area contributed by atoms with Crippen LogP contribution in [-0.4, -0.2) is 15.7 Å². The zero-order valence-corrected chi connectivity index (χ0v) is 8.84. The summed E-state index contributed by atoms with van der Waals surface area (Å²) >= 11 is 0. The molecule has 0 N–H and O–H groups in total. The molecule has 3 rings (SSSR count). The molecular weight excluding hydrogens is 200 g/mol. The van der Waals surface area contributed by atoms with Gasteiger partial charge in [0.25, 0.3) is 0 Å². The monoisotopic (exact) mass is 210 g/mol. The van der Waals surface area contributed by atoms with E-state index in [-0.39, 0.29) is 0 Å². The SMILES string of the molecule is Cc1cccc2ccc3nc(C=O)cn3c12. The van der Waals surface area contributed by atoms with Gasteiger partial charge in [-0.1, -0.05) is 18.2 Å². The number of aromatic nitrogens is 2. The van der Waals surface area contributed by atoms with Crippen LogP contribution in [0.15, 0.2) is 36.5 Å². The van der Waals surface area contributed by atoms with Crippen LogP contribution in [0.4, 0.5) is 0 Å². The summed E-state index contributed by atoms with van der Waals surface area (Å²) in [5.41, 5.74) is 3.57. The molecule has 0 atom stereocenters. The summed E-state index contributed by atoms with van der Waals surface area (Å²) in [4.78, 5) is 14.9. The molecule has 2 heterocycles. The topological polar surface area (TPSA) is 34.4 Å². The van der Waals surface area contributed by atoms with Crippen LogP contribution in [0.1, 0.15) is 16.1 Å². The van der Waals surface area contributed by atoms with Gasteiger partial charge in [-0.15, -0.1) is 0 Å². The molecule has 0 amide bonds. The van der Waals surface area contributed by atoms with E-state index in [4.69, 9.17) is 0 Å². The maximum atomic E-state index is 10.7. The lowest BCUT2D eigenvalue weighted by molar-refractivity contribution is 0.111. The third kappa shape index (κ3) is 1.15. The Balaban J connectivity index is 2.56. The van der Waals surface area contributed by atoms with Gasteiger partial charge >= 0.3 is 0 Å². The zero-order valence-electron chi connectivity index (χ0n) is 8.84. The third-order valence-corrected chi connectivity index (χ3v) is 2.79. The number of carbonyl (C=O) groups excluding carboxylic acids is 1. The Labute approximate surface area is 92.3 Å². The molecule has 3 heteroatoms. The summed E-state index contributed by atoms with van der Waals surface area (Å²) in [5.74, 6) is 0. The molecule has 0 saturated heterocycles. The summed E-state index contributed by atoms with van der Waals surface area (Å²) in [5, 5.41) is 1.15. The van der Waals surface area contributed by atoms with Gasteiger partial charge in [-0.3, -0.25) is 9.20 Å². The molecule has 0 aliphatic carbocycles. The first-order valence-corrected chi connectivity index (χ1v) is 5.12. The van der Waals surface area contributed by atoms with E-state index in [1.807, 2.05) is 22.6 Å². The van der Waals surface area contributed by atoms with Crippen LogP contribution in [-0.2, 0) is 0 Å². The van der Waals surface area contributed by atoms with Crippen molar-refractivity contribution in [3.63, 3.8) is 0 Å². The highest BCUT2D eigenvalue weighted by Gasteiger charge is 2.05. The van der Waals surface area contributed by atoms with Gasteiger partial charge in [0, 0.05) is 6.20 Å². The normalized spacial score (nSPS) is 11.1. The lowest BCUT2D eigenvalue weighted by Crippen LogP contribution is -1.89. The van der Waals surface area contributed by atoms with Crippen molar-refractivity contribution in [1.82, 2.24) is 9.38 Å². The number of para-hydroxylation sites is 1. The third-order valence-electron chi connectivity index (χ3n) is 2.79. The van der Waals surface area contributed by atoms with Crippen LogP contribution >= 0.6 is 0 Å². The Bertz CT molecular complexity index is 698. The largest absolute Gasteiger partial charge is 0.299 e. The number of carbonyl (C=O) groups is 1. The van der Waals surface area contributed by atoms with Crippen LogP contribution in [0.3, 0.4) is 0 Å². The highest BCUT2D eigenvalue weighted by molar-refractivity contribution is 5.86. The average molecular weight is 210 g/mol. The summed E-state index contributed by atoms with van der Waals surface area (Å²) in [6.45, 7) is 2.06. The Morgan fingerprint density at radius 3 is 2.94 bits per heavy atom. The number of aldehydes is 1. The number of fused-ring (bicyclic) bond motifs is 3. The fraction of sp³-hybridized carbons (Fsp3) is 0.0769. The standard InChI is InChI=1S/C13H10N2O/c1-9-3-2-4-10-5-6-12-14-11(8-16)7-15(12)13(9)10/h2-8H,1H3. The van der Waals surface area contributed by atoms with Crippen LogP contribution < -0.4 is 0 Å². The van der Waals surface area contributed by atoms with Gasteiger partial charge in [0.1, 0.15) is 11.3 Å². The van der Waals surface area contributed by atoms with Crippen molar-refractivity contribution in [1.29, 1.82) is 0 Å². The first-order valence-electron chi connectivity index (χ1n) is 5.12. The highest BCUT2D eigenvalue weighted by atomic mass is 16.1. The summed E-state index contributed by atoms with van der Waals surface area (Å²) < 4.78 is 1.97. The van der Waals surface area contributed by atoms with Crippen LogP contribution in [0.2, 0.25) is 0 Å². The number of hydrogen-bond donors (Lipinski definition) is 0. The molecule has 0 saturated carbocycles. The van der Waals surface area contributed by atoms with Gasteiger partial charge in [-0.25, -0.2) is 4.98 Å². The van der Waals surface area contributed by atoms with Crippen molar-refractivity contribution in [3.8, 4) is 0 Å². The molecule has 0 aliphatic heterocycles. The molecule has 0 bridgehead atoms. The highest BCUT2D eigenvalue weighted by Crippen LogP contribution is 2.20. The van der Waals surface area contributed by atoms with E-state index in [1.54, 1.807) is 6.20 Å². The van der Waals surface area contributed by atoms with Gasteiger partial charge in [-0.05, 0) is 30.0 Å². The average Bonchev–Trinajstić information content (AvgIpc) is 2.72. The van der Waals surface area contributed by atoms with E-state index < -0.39 is 0 Å². The first-order chi connectivity index (χ1) is 7.79. The Hall–Kier alpha value is -2.16. The fourth-order valence-corrected chi connectivity index (χ4v) is 2.08. The number of hydrogen-bond acceptors (Lipinski definition) is 2. The molecule has 0 spiro atoms. The minimum Gasteiger partial charge on any atom is -0.299 e. The molecule has 78 valence electrons. The molecule has 2 aromatic heterocycles. The predicted octanol–water partition coefficient (Wildman–Crippen LogP) is 2.61. The first kappa shape index (κ1) is 9.09. The molecular formula is C13H10N2O. The molecule has 3 nitrogen and oxygen atoms in total. The second-order valence-corrected chi connectivity index (χ2v) is 3.86. The van der Waals surface area contributed by atoms with E-state index in [2.05, 4.69) is 24.0 Å². The van der Waals surface area contributed by atoms with Crippen molar-refractivity contribution in [2.75, 3.05) is 0 Å². The number of benzene rings is 1. The van der Waals surface area contributed by atoms with Gasteiger partial charge in [-0.2, -0.15) is 0 Å². The number of rotatable bonds is 1. The minimum absolute atomic E-state index is 0.468. The maximum absolute atomic E-state index is 10.7. The Kier molecular flexibility index (Phi) is 1.80. The van der Waals surface area contributed by atoms with E-state index in [0.29, 0.717) is 5.69 Å². The lowest BCUT2D eigenvalue weighted by Gasteiger charge is -2.04. The van der Waals surface area contributed by atoms with Crippen LogP contribution in [0.5, 0.6) is 0 Å². The van der Waals surface area contributed by atoms with Crippen LogP contribution in [0, 0.1) is 6.92 Å². The van der Waals surface area contributed by atoms with Crippen molar-refractivity contribution in [2.45, 2.75) is 6.92 Å². The Morgan fingerprint density at radius 2 is 2.12 bits per heavy atom. The van der Waals surface area contributed by atoms with E-state index in [0.717, 1.165) is 22.8 Å².